The Labute approximate surface area is 68.1 Å². The second-order valence-electron chi connectivity index (χ2n) is 2.96. The molecule has 1 aliphatic carbocycles. The molecular formula is C7H11BrF2. The van der Waals surface area contributed by atoms with Gasteiger partial charge in [-0.05, 0) is 25.7 Å². The standard InChI is InChI=1S/C7H11BrF2/c8-5-1-2-7(3-4-7)6(9)10/h6H,1-5H2. The summed E-state index contributed by atoms with van der Waals surface area (Å²) < 4.78 is 24.4. The van der Waals surface area contributed by atoms with Crippen molar-refractivity contribution in [2.45, 2.75) is 32.1 Å². The molecule has 0 radical (unpaired) electrons. The van der Waals surface area contributed by atoms with Crippen LogP contribution < -0.4 is 0 Å². The normalized spacial score (nSPS) is 21.6. The monoisotopic (exact) mass is 212 g/mol. The highest BCUT2D eigenvalue weighted by atomic mass is 79.9. The Hall–Kier alpha value is 0.340. The van der Waals surface area contributed by atoms with Gasteiger partial charge in [0.1, 0.15) is 0 Å². The lowest BCUT2D eigenvalue weighted by Crippen LogP contribution is -2.11. The molecule has 0 atom stereocenters. The lowest BCUT2D eigenvalue weighted by molar-refractivity contribution is 0.0562. The van der Waals surface area contributed by atoms with Gasteiger partial charge in [-0.3, -0.25) is 0 Å². The number of hydrogen-bond donors (Lipinski definition) is 0. The molecule has 1 rings (SSSR count). The Morgan fingerprint density at radius 3 is 2.30 bits per heavy atom. The van der Waals surface area contributed by atoms with Crippen LogP contribution in [0.3, 0.4) is 0 Å². The fourth-order valence-electron chi connectivity index (χ4n) is 1.16. The van der Waals surface area contributed by atoms with Crippen molar-refractivity contribution in [3.05, 3.63) is 0 Å². The van der Waals surface area contributed by atoms with Gasteiger partial charge in [0.05, 0.1) is 0 Å². The van der Waals surface area contributed by atoms with Gasteiger partial charge in [0.2, 0.25) is 6.43 Å². The van der Waals surface area contributed by atoms with Crippen LogP contribution in [0, 0.1) is 5.41 Å². The first kappa shape index (κ1) is 8.44. The lowest BCUT2D eigenvalue weighted by Gasteiger charge is -2.11. The summed E-state index contributed by atoms with van der Waals surface area (Å²) in [5.74, 6) is 0. The molecule has 0 amide bonds. The van der Waals surface area contributed by atoms with Crippen molar-refractivity contribution in [3.8, 4) is 0 Å². The maximum absolute atomic E-state index is 12.2. The topological polar surface area (TPSA) is 0 Å². The molecule has 10 heavy (non-hydrogen) atoms. The molecule has 0 aromatic rings. The Morgan fingerprint density at radius 2 is 2.00 bits per heavy atom. The summed E-state index contributed by atoms with van der Waals surface area (Å²) in [5, 5.41) is 0.849. The predicted octanol–water partition coefficient (Wildman–Crippen LogP) is 3.21. The van der Waals surface area contributed by atoms with Crippen LogP contribution in [0.1, 0.15) is 25.7 Å². The fraction of sp³-hybridized carbons (Fsp3) is 1.00. The number of rotatable bonds is 4. The summed E-state index contributed by atoms with van der Waals surface area (Å²) in [6.07, 6.45) is 0.946. The number of hydrogen-bond acceptors (Lipinski definition) is 0. The molecule has 0 N–H and O–H groups in total. The SMILES string of the molecule is FC(F)C1(CCCBr)CC1. The smallest absolute Gasteiger partial charge is 0.210 e. The molecule has 1 fully saturated rings. The van der Waals surface area contributed by atoms with E-state index in [2.05, 4.69) is 15.9 Å². The molecule has 0 bridgehead atoms. The van der Waals surface area contributed by atoms with Gasteiger partial charge >= 0.3 is 0 Å². The van der Waals surface area contributed by atoms with Gasteiger partial charge in [-0.2, -0.15) is 0 Å². The van der Waals surface area contributed by atoms with Gasteiger partial charge < -0.3 is 0 Å². The molecule has 1 saturated carbocycles. The molecular weight excluding hydrogens is 202 g/mol. The maximum atomic E-state index is 12.2. The summed E-state index contributed by atoms with van der Waals surface area (Å²) in [5.41, 5.74) is -0.562. The van der Waals surface area contributed by atoms with E-state index < -0.39 is 11.8 Å². The molecule has 1 aliphatic rings. The molecule has 0 aromatic heterocycles. The zero-order chi connectivity index (χ0) is 7.61. The zero-order valence-corrected chi connectivity index (χ0v) is 7.33. The highest BCUT2D eigenvalue weighted by Crippen LogP contribution is 2.54. The minimum Gasteiger partial charge on any atom is -0.210 e. The van der Waals surface area contributed by atoms with Gasteiger partial charge in [-0.1, -0.05) is 15.9 Å². The van der Waals surface area contributed by atoms with E-state index in [1.165, 1.54) is 0 Å². The first-order valence-corrected chi connectivity index (χ1v) is 4.67. The Morgan fingerprint density at radius 1 is 1.40 bits per heavy atom. The molecule has 0 unspecified atom stereocenters. The van der Waals surface area contributed by atoms with Crippen molar-refractivity contribution < 1.29 is 8.78 Å². The third kappa shape index (κ3) is 1.68. The van der Waals surface area contributed by atoms with Crippen molar-refractivity contribution in [2.24, 2.45) is 5.41 Å². The molecule has 60 valence electrons. The van der Waals surface area contributed by atoms with Crippen molar-refractivity contribution in [3.63, 3.8) is 0 Å². The Balaban J connectivity index is 2.24. The molecule has 3 heteroatoms. The third-order valence-corrected chi connectivity index (χ3v) is 2.72. The van der Waals surface area contributed by atoms with Gasteiger partial charge in [0.15, 0.2) is 0 Å². The first-order valence-electron chi connectivity index (χ1n) is 3.55. The van der Waals surface area contributed by atoms with E-state index in [1.807, 2.05) is 0 Å². The van der Waals surface area contributed by atoms with Gasteiger partial charge in [0, 0.05) is 10.7 Å². The first-order chi connectivity index (χ1) is 4.71. The van der Waals surface area contributed by atoms with Crippen LogP contribution in [-0.2, 0) is 0 Å². The minimum atomic E-state index is -2.09. The summed E-state index contributed by atoms with van der Waals surface area (Å²) >= 11 is 3.23. The van der Waals surface area contributed by atoms with Crippen LogP contribution >= 0.6 is 15.9 Å². The lowest BCUT2D eigenvalue weighted by atomic mass is 10.0. The maximum Gasteiger partial charge on any atom is 0.244 e. The average molecular weight is 213 g/mol. The van der Waals surface area contributed by atoms with Crippen LogP contribution in [-0.4, -0.2) is 11.8 Å². The second kappa shape index (κ2) is 3.16. The highest BCUT2D eigenvalue weighted by Gasteiger charge is 2.49. The van der Waals surface area contributed by atoms with Crippen LogP contribution in [0.2, 0.25) is 0 Å². The number of halogens is 3. The van der Waals surface area contributed by atoms with E-state index in [0.717, 1.165) is 24.6 Å². The quantitative estimate of drug-likeness (QED) is 0.629. The van der Waals surface area contributed by atoms with Crippen LogP contribution in [0.15, 0.2) is 0 Å². The Bertz CT molecular complexity index is 110. The summed E-state index contributed by atoms with van der Waals surface area (Å²) in [6.45, 7) is 0. The number of alkyl halides is 3. The van der Waals surface area contributed by atoms with E-state index in [0.29, 0.717) is 6.42 Å². The van der Waals surface area contributed by atoms with Gasteiger partial charge in [-0.25, -0.2) is 8.78 Å². The Kier molecular flexibility index (Phi) is 2.67. The summed E-state index contributed by atoms with van der Waals surface area (Å²) in [6, 6.07) is 0. The predicted molar refractivity (Wildman–Crippen MR) is 40.7 cm³/mol. The van der Waals surface area contributed by atoms with Crippen molar-refractivity contribution in [1.82, 2.24) is 0 Å². The third-order valence-electron chi connectivity index (χ3n) is 2.16. The van der Waals surface area contributed by atoms with Gasteiger partial charge in [0.25, 0.3) is 0 Å². The van der Waals surface area contributed by atoms with E-state index in [-0.39, 0.29) is 0 Å². The summed E-state index contributed by atoms with van der Waals surface area (Å²) in [7, 11) is 0. The van der Waals surface area contributed by atoms with Crippen molar-refractivity contribution in [2.75, 3.05) is 5.33 Å². The van der Waals surface area contributed by atoms with Crippen molar-refractivity contribution in [1.29, 1.82) is 0 Å². The van der Waals surface area contributed by atoms with Crippen LogP contribution in [0.5, 0.6) is 0 Å². The van der Waals surface area contributed by atoms with Crippen molar-refractivity contribution >= 4 is 15.9 Å². The zero-order valence-electron chi connectivity index (χ0n) is 5.75. The molecule has 0 saturated heterocycles. The van der Waals surface area contributed by atoms with E-state index in [4.69, 9.17) is 0 Å². The minimum absolute atomic E-state index is 0.562. The largest absolute Gasteiger partial charge is 0.244 e. The molecule has 0 spiro atoms. The van der Waals surface area contributed by atoms with E-state index >= 15 is 0 Å². The van der Waals surface area contributed by atoms with Crippen LogP contribution in [0.4, 0.5) is 8.78 Å². The van der Waals surface area contributed by atoms with E-state index in [9.17, 15) is 8.78 Å². The molecule has 0 nitrogen and oxygen atoms in total. The van der Waals surface area contributed by atoms with Crippen LogP contribution in [0.25, 0.3) is 0 Å². The van der Waals surface area contributed by atoms with Gasteiger partial charge in [-0.15, -0.1) is 0 Å². The second-order valence-corrected chi connectivity index (χ2v) is 3.75. The average Bonchev–Trinajstić information content (AvgIpc) is 2.64. The summed E-state index contributed by atoms with van der Waals surface area (Å²) in [4.78, 5) is 0. The van der Waals surface area contributed by atoms with E-state index in [1.54, 1.807) is 0 Å². The molecule has 0 heterocycles. The molecule has 0 aliphatic heterocycles. The fourth-order valence-corrected chi connectivity index (χ4v) is 1.44. The molecule has 0 aromatic carbocycles. The highest BCUT2D eigenvalue weighted by molar-refractivity contribution is 9.09.